The summed E-state index contributed by atoms with van der Waals surface area (Å²) < 4.78 is 0. The Morgan fingerprint density at radius 2 is 2.26 bits per heavy atom. The van der Waals surface area contributed by atoms with E-state index >= 15 is 0 Å². The molecule has 0 atom stereocenters. The Labute approximate surface area is 110 Å². The SMILES string of the molecule is C=CCN(c1ccc([N+](=O)[O-])c(C(=O)O)c1)C1CC1. The largest absolute Gasteiger partial charge is 0.477 e. The number of carboxylic acid groups (broad SMARTS) is 1. The molecule has 1 N–H and O–H groups in total. The van der Waals surface area contributed by atoms with Crippen LogP contribution in [-0.2, 0) is 0 Å². The Bertz CT molecular complexity index is 537. The van der Waals surface area contributed by atoms with Crippen molar-refractivity contribution in [3.63, 3.8) is 0 Å². The first-order chi connectivity index (χ1) is 9.04. The van der Waals surface area contributed by atoms with E-state index in [1.54, 1.807) is 12.1 Å². The molecular weight excluding hydrogens is 248 g/mol. The van der Waals surface area contributed by atoms with Gasteiger partial charge < -0.3 is 10.0 Å². The van der Waals surface area contributed by atoms with Crippen molar-refractivity contribution in [3.8, 4) is 0 Å². The van der Waals surface area contributed by atoms with Crippen molar-refractivity contribution in [2.24, 2.45) is 0 Å². The molecule has 1 saturated carbocycles. The minimum atomic E-state index is -1.29. The van der Waals surface area contributed by atoms with Crippen LogP contribution in [0.25, 0.3) is 0 Å². The molecule has 0 aromatic heterocycles. The first kappa shape index (κ1) is 13.1. The molecule has 6 heteroatoms. The zero-order valence-electron chi connectivity index (χ0n) is 10.3. The van der Waals surface area contributed by atoms with E-state index in [0.29, 0.717) is 18.3 Å². The predicted octanol–water partition coefficient (Wildman–Crippen LogP) is 2.45. The molecule has 100 valence electrons. The number of carboxylic acids is 1. The maximum atomic E-state index is 11.1. The van der Waals surface area contributed by atoms with E-state index in [4.69, 9.17) is 5.11 Å². The number of benzene rings is 1. The predicted molar refractivity (Wildman–Crippen MR) is 70.6 cm³/mol. The second-order valence-corrected chi connectivity index (χ2v) is 4.44. The van der Waals surface area contributed by atoms with Crippen LogP contribution in [0.3, 0.4) is 0 Å². The minimum absolute atomic E-state index is 0.280. The van der Waals surface area contributed by atoms with Gasteiger partial charge in [-0.25, -0.2) is 4.79 Å². The van der Waals surface area contributed by atoms with Gasteiger partial charge in [0.2, 0.25) is 0 Å². The lowest BCUT2D eigenvalue weighted by Gasteiger charge is -2.23. The molecular formula is C13H14N2O4. The number of anilines is 1. The molecule has 1 aromatic rings. The Hall–Kier alpha value is -2.37. The lowest BCUT2D eigenvalue weighted by atomic mass is 10.1. The van der Waals surface area contributed by atoms with Gasteiger partial charge in [0.15, 0.2) is 0 Å². The second kappa shape index (κ2) is 5.09. The molecule has 0 saturated heterocycles. The lowest BCUT2D eigenvalue weighted by molar-refractivity contribution is -0.385. The number of hydrogen-bond acceptors (Lipinski definition) is 4. The van der Waals surface area contributed by atoms with Gasteiger partial charge in [0.1, 0.15) is 5.56 Å². The van der Waals surface area contributed by atoms with Crippen molar-refractivity contribution in [3.05, 3.63) is 46.5 Å². The summed E-state index contributed by atoms with van der Waals surface area (Å²) in [6.45, 7) is 4.27. The number of nitrogens with zero attached hydrogens (tertiary/aromatic N) is 2. The summed E-state index contributed by atoms with van der Waals surface area (Å²) in [4.78, 5) is 23.2. The van der Waals surface area contributed by atoms with Crippen molar-refractivity contribution in [1.82, 2.24) is 0 Å². The van der Waals surface area contributed by atoms with Crippen molar-refractivity contribution < 1.29 is 14.8 Å². The topological polar surface area (TPSA) is 83.7 Å². The number of nitro groups is 1. The molecule has 1 aliphatic carbocycles. The normalized spacial score (nSPS) is 13.9. The molecule has 0 radical (unpaired) electrons. The Kier molecular flexibility index (Phi) is 3.50. The van der Waals surface area contributed by atoms with Crippen LogP contribution < -0.4 is 4.90 Å². The van der Waals surface area contributed by atoms with Gasteiger partial charge in [0.05, 0.1) is 4.92 Å². The van der Waals surface area contributed by atoms with E-state index in [2.05, 4.69) is 6.58 Å². The number of rotatable bonds is 6. The molecule has 1 fully saturated rings. The zero-order valence-corrected chi connectivity index (χ0v) is 10.3. The molecule has 1 aromatic carbocycles. The number of hydrogen-bond donors (Lipinski definition) is 1. The average molecular weight is 262 g/mol. The van der Waals surface area contributed by atoms with Gasteiger partial charge in [0, 0.05) is 24.3 Å². The van der Waals surface area contributed by atoms with Gasteiger partial charge in [-0.1, -0.05) is 6.08 Å². The molecule has 2 rings (SSSR count). The highest BCUT2D eigenvalue weighted by Crippen LogP contribution is 2.33. The molecule has 0 bridgehead atoms. The molecule has 0 amide bonds. The van der Waals surface area contributed by atoms with Crippen LogP contribution in [0, 0.1) is 10.1 Å². The van der Waals surface area contributed by atoms with Gasteiger partial charge in [-0.15, -0.1) is 6.58 Å². The van der Waals surface area contributed by atoms with Crippen molar-refractivity contribution in [2.45, 2.75) is 18.9 Å². The molecule has 6 nitrogen and oxygen atoms in total. The molecule has 0 spiro atoms. The van der Waals surface area contributed by atoms with Gasteiger partial charge in [-0.05, 0) is 25.0 Å². The van der Waals surface area contributed by atoms with Crippen LogP contribution in [0.2, 0.25) is 0 Å². The van der Waals surface area contributed by atoms with Crippen LogP contribution >= 0.6 is 0 Å². The summed E-state index contributed by atoms with van der Waals surface area (Å²) in [5.41, 5.74) is 0.0215. The molecule has 0 aliphatic heterocycles. The minimum Gasteiger partial charge on any atom is -0.477 e. The highest BCUT2D eigenvalue weighted by Gasteiger charge is 2.30. The third-order valence-corrected chi connectivity index (χ3v) is 3.05. The van der Waals surface area contributed by atoms with E-state index in [1.165, 1.54) is 12.1 Å². The Balaban J connectivity index is 2.41. The van der Waals surface area contributed by atoms with E-state index in [9.17, 15) is 14.9 Å². The zero-order chi connectivity index (χ0) is 14.0. The maximum Gasteiger partial charge on any atom is 0.342 e. The molecule has 0 unspecified atom stereocenters. The fourth-order valence-electron chi connectivity index (χ4n) is 2.02. The Morgan fingerprint density at radius 3 is 2.74 bits per heavy atom. The van der Waals surface area contributed by atoms with E-state index in [0.717, 1.165) is 12.8 Å². The van der Waals surface area contributed by atoms with E-state index in [-0.39, 0.29) is 11.3 Å². The van der Waals surface area contributed by atoms with Crippen LogP contribution in [-0.4, -0.2) is 28.6 Å². The first-order valence-corrected chi connectivity index (χ1v) is 5.94. The van der Waals surface area contributed by atoms with Crippen LogP contribution in [0.1, 0.15) is 23.2 Å². The average Bonchev–Trinajstić information content (AvgIpc) is 3.19. The molecule has 19 heavy (non-hydrogen) atoms. The van der Waals surface area contributed by atoms with Crippen molar-refractivity contribution >= 4 is 17.3 Å². The second-order valence-electron chi connectivity index (χ2n) is 4.44. The number of nitro benzene ring substituents is 1. The van der Waals surface area contributed by atoms with Gasteiger partial charge in [0.25, 0.3) is 5.69 Å². The standard InChI is InChI=1S/C13H14N2O4/c1-2-7-14(9-3-4-9)10-5-6-12(15(18)19)11(8-10)13(16)17/h2,5-6,8-9H,1,3-4,7H2,(H,16,17). The third-order valence-electron chi connectivity index (χ3n) is 3.05. The van der Waals surface area contributed by atoms with Crippen molar-refractivity contribution in [2.75, 3.05) is 11.4 Å². The fraction of sp³-hybridized carbons (Fsp3) is 0.308. The van der Waals surface area contributed by atoms with E-state index in [1.807, 2.05) is 4.90 Å². The van der Waals surface area contributed by atoms with E-state index < -0.39 is 10.9 Å². The van der Waals surface area contributed by atoms with Gasteiger partial charge >= 0.3 is 5.97 Å². The van der Waals surface area contributed by atoms with Crippen LogP contribution in [0.4, 0.5) is 11.4 Å². The third kappa shape index (κ3) is 2.73. The number of carbonyl (C=O) groups is 1. The summed E-state index contributed by atoms with van der Waals surface area (Å²) in [5, 5.41) is 19.9. The number of aromatic carboxylic acids is 1. The van der Waals surface area contributed by atoms with Crippen LogP contribution in [0.5, 0.6) is 0 Å². The lowest BCUT2D eigenvalue weighted by Crippen LogP contribution is -2.25. The summed E-state index contributed by atoms with van der Waals surface area (Å²) in [6, 6.07) is 4.58. The summed E-state index contributed by atoms with van der Waals surface area (Å²) >= 11 is 0. The monoisotopic (exact) mass is 262 g/mol. The summed E-state index contributed by atoms with van der Waals surface area (Å²) in [7, 11) is 0. The first-order valence-electron chi connectivity index (χ1n) is 5.94. The summed E-state index contributed by atoms with van der Waals surface area (Å²) in [5.74, 6) is -1.29. The van der Waals surface area contributed by atoms with Crippen LogP contribution in [0.15, 0.2) is 30.9 Å². The maximum absolute atomic E-state index is 11.1. The fourth-order valence-corrected chi connectivity index (χ4v) is 2.02. The molecule has 1 aliphatic rings. The Morgan fingerprint density at radius 1 is 1.58 bits per heavy atom. The quantitative estimate of drug-likeness (QED) is 0.483. The van der Waals surface area contributed by atoms with Crippen molar-refractivity contribution in [1.29, 1.82) is 0 Å². The molecule has 0 heterocycles. The van der Waals surface area contributed by atoms with Gasteiger partial charge in [-0.2, -0.15) is 0 Å². The van der Waals surface area contributed by atoms with Gasteiger partial charge in [-0.3, -0.25) is 10.1 Å². The summed E-state index contributed by atoms with van der Waals surface area (Å²) in [6.07, 6.45) is 3.83. The smallest absolute Gasteiger partial charge is 0.342 e. The highest BCUT2D eigenvalue weighted by atomic mass is 16.6. The highest BCUT2D eigenvalue weighted by molar-refractivity contribution is 5.93.